The van der Waals surface area contributed by atoms with Gasteiger partial charge in [-0.2, -0.15) is 0 Å². The summed E-state index contributed by atoms with van der Waals surface area (Å²) < 4.78 is 4.68. The van der Waals surface area contributed by atoms with Crippen molar-refractivity contribution in [3.05, 3.63) is 65.0 Å². The molecule has 3 rings (SSSR count). The van der Waals surface area contributed by atoms with E-state index in [-0.39, 0.29) is 5.91 Å². The molecule has 0 aliphatic carbocycles. The zero-order valence-electron chi connectivity index (χ0n) is 14.2. The van der Waals surface area contributed by atoms with Gasteiger partial charge in [0.2, 0.25) is 0 Å². The average molecular weight is 335 g/mol. The standard InChI is InChI=1S/C19H17N3O3/c1-11-12(2)21-17-10-13(7-8-16(17)20-11)18(23)22-15-6-4-5-14(9-15)19(24)25-3/h4-10H,1-3H3,(H,22,23). The summed E-state index contributed by atoms with van der Waals surface area (Å²) in [5.41, 5.74) is 4.45. The number of rotatable bonds is 3. The van der Waals surface area contributed by atoms with E-state index in [1.165, 1.54) is 7.11 Å². The minimum absolute atomic E-state index is 0.288. The molecule has 2 aromatic carbocycles. The lowest BCUT2D eigenvalue weighted by Gasteiger charge is -2.08. The molecule has 0 aliphatic heterocycles. The van der Waals surface area contributed by atoms with Crippen LogP contribution >= 0.6 is 0 Å². The van der Waals surface area contributed by atoms with Crippen LogP contribution in [-0.2, 0) is 4.74 Å². The van der Waals surface area contributed by atoms with E-state index in [0.717, 1.165) is 16.9 Å². The fraction of sp³-hybridized carbons (Fsp3) is 0.158. The molecular weight excluding hydrogens is 318 g/mol. The highest BCUT2D eigenvalue weighted by Crippen LogP contribution is 2.17. The topological polar surface area (TPSA) is 81.2 Å². The maximum atomic E-state index is 12.5. The number of fused-ring (bicyclic) bond motifs is 1. The van der Waals surface area contributed by atoms with E-state index in [1.54, 1.807) is 42.5 Å². The Hall–Kier alpha value is -3.28. The molecule has 0 radical (unpaired) electrons. The van der Waals surface area contributed by atoms with Gasteiger partial charge >= 0.3 is 5.97 Å². The Labute approximate surface area is 144 Å². The minimum Gasteiger partial charge on any atom is -0.465 e. The summed E-state index contributed by atoms with van der Waals surface area (Å²) in [5, 5.41) is 2.77. The molecule has 0 saturated heterocycles. The largest absolute Gasteiger partial charge is 0.465 e. The number of benzene rings is 2. The van der Waals surface area contributed by atoms with Gasteiger partial charge in [-0.05, 0) is 50.2 Å². The van der Waals surface area contributed by atoms with Gasteiger partial charge in [0.05, 0.1) is 35.1 Å². The van der Waals surface area contributed by atoms with Gasteiger partial charge in [-0.1, -0.05) is 6.07 Å². The summed E-state index contributed by atoms with van der Waals surface area (Å²) >= 11 is 0. The van der Waals surface area contributed by atoms with Crippen LogP contribution in [0.4, 0.5) is 5.69 Å². The third-order valence-corrected chi connectivity index (χ3v) is 3.88. The molecule has 1 heterocycles. The predicted octanol–water partition coefficient (Wildman–Crippen LogP) is 3.29. The molecule has 1 N–H and O–H groups in total. The van der Waals surface area contributed by atoms with Gasteiger partial charge in [0, 0.05) is 11.3 Å². The number of anilines is 1. The van der Waals surface area contributed by atoms with Gasteiger partial charge in [-0.25, -0.2) is 14.8 Å². The normalized spacial score (nSPS) is 10.5. The van der Waals surface area contributed by atoms with Crippen molar-refractivity contribution in [2.45, 2.75) is 13.8 Å². The SMILES string of the molecule is COC(=O)c1cccc(NC(=O)c2ccc3nc(C)c(C)nc3c2)c1. The van der Waals surface area contributed by atoms with E-state index in [4.69, 9.17) is 0 Å². The van der Waals surface area contributed by atoms with E-state index in [2.05, 4.69) is 20.0 Å². The molecule has 126 valence electrons. The minimum atomic E-state index is -0.456. The Kier molecular flexibility index (Phi) is 4.43. The lowest BCUT2D eigenvalue weighted by Crippen LogP contribution is -2.12. The van der Waals surface area contributed by atoms with Crippen molar-refractivity contribution in [2.24, 2.45) is 0 Å². The monoisotopic (exact) mass is 335 g/mol. The molecule has 25 heavy (non-hydrogen) atoms. The van der Waals surface area contributed by atoms with Gasteiger partial charge in [0.15, 0.2) is 0 Å². The number of hydrogen-bond donors (Lipinski definition) is 1. The number of nitrogens with one attached hydrogen (secondary N) is 1. The average Bonchev–Trinajstić information content (AvgIpc) is 2.61. The molecule has 0 aliphatic rings. The van der Waals surface area contributed by atoms with Crippen molar-refractivity contribution in [3.8, 4) is 0 Å². The summed E-state index contributed by atoms with van der Waals surface area (Å²) in [6.07, 6.45) is 0. The number of ether oxygens (including phenoxy) is 1. The number of nitrogens with zero attached hydrogens (tertiary/aromatic N) is 2. The van der Waals surface area contributed by atoms with Gasteiger partial charge in [-0.15, -0.1) is 0 Å². The van der Waals surface area contributed by atoms with Gasteiger partial charge in [0.25, 0.3) is 5.91 Å². The van der Waals surface area contributed by atoms with Crippen LogP contribution in [0.2, 0.25) is 0 Å². The van der Waals surface area contributed by atoms with Crippen LogP contribution in [0.5, 0.6) is 0 Å². The highest BCUT2D eigenvalue weighted by atomic mass is 16.5. The number of methoxy groups -OCH3 is 1. The third kappa shape index (κ3) is 3.47. The summed E-state index contributed by atoms with van der Waals surface area (Å²) in [7, 11) is 1.31. The molecule has 1 aromatic heterocycles. The van der Waals surface area contributed by atoms with Gasteiger partial charge in [-0.3, -0.25) is 4.79 Å². The zero-order chi connectivity index (χ0) is 18.0. The molecule has 0 bridgehead atoms. The number of hydrogen-bond acceptors (Lipinski definition) is 5. The maximum Gasteiger partial charge on any atom is 0.337 e. The van der Waals surface area contributed by atoms with Crippen LogP contribution in [0.3, 0.4) is 0 Å². The highest BCUT2D eigenvalue weighted by Gasteiger charge is 2.11. The first kappa shape index (κ1) is 16.6. The summed E-state index contributed by atoms with van der Waals surface area (Å²) in [4.78, 5) is 33.0. The van der Waals surface area contributed by atoms with Crippen LogP contribution in [0.1, 0.15) is 32.1 Å². The van der Waals surface area contributed by atoms with E-state index >= 15 is 0 Å². The molecule has 6 heteroatoms. The van der Waals surface area contributed by atoms with Crippen molar-refractivity contribution >= 4 is 28.6 Å². The highest BCUT2D eigenvalue weighted by molar-refractivity contribution is 6.06. The lowest BCUT2D eigenvalue weighted by molar-refractivity contribution is 0.0600. The van der Waals surface area contributed by atoms with Crippen molar-refractivity contribution in [1.29, 1.82) is 0 Å². The molecule has 3 aromatic rings. The Bertz CT molecular complexity index is 983. The Morgan fingerprint density at radius 1 is 0.920 bits per heavy atom. The second kappa shape index (κ2) is 6.68. The van der Waals surface area contributed by atoms with Crippen LogP contribution in [0.25, 0.3) is 11.0 Å². The lowest BCUT2D eigenvalue weighted by atomic mass is 10.1. The summed E-state index contributed by atoms with van der Waals surface area (Å²) in [6, 6.07) is 11.8. The second-order valence-corrected chi connectivity index (χ2v) is 5.62. The number of carbonyl (C=O) groups excluding carboxylic acids is 2. The van der Waals surface area contributed by atoms with E-state index in [9.17, 15) is 9.59 Å². The van der Waals surface area contributed by atoms with Crippen LogP contribution in [0.15, 0.2) is 42.5 Å². The van der Waals surface area contributed by atoms with E-state index < -0.39 is 5.97 Å². The molecule has 1 amide bonds. The Morgan fingerprint density at radius 3 is 2.36 bits per heavy atom. The zero-order valence-corrected chi connectivity index (χ0v) is 14.2. The quantitative estimate of drug-likeness (QED) is 0.743. The summed E-state index contributed by atoms with van der Waals surface area (Å²) in [5.74, 6) is -0.744. The van der Waals surface area contributed by atoms with Gasteiger partial charge < -0.3 is 10.1 Å². The number of amides is 1. The molecule has 0 atom stereocenters. The van der Waals surface area contributed by atoms with Crippen LogP contribution in [-0.4, -0.2) is 29.0 Å². The molecule has 0 unspecified atom stereocenters. The molecule has 0 spiro atoms. The van der Waals surface area contributed by atoms with Crippen molar-refractivity contribution in [3.63, 3.8) is 0 Å². The Morgan fingerprint density at radius 2 is 1.64 bits per heavy atom. The first-order valence-electron chi connectivity index (χ1n) is 7.72. The number of aryl methyl sites for hydroxylation is 2. The number of carbonyl (C=O) groups is 2. The molecule has 6 nitrogen and oxygen atoms in total. The van der Waals surface area contributed by atoms with Crippen molar-refractivity contribution in [2.75, 3.05) is 12.4 Å². The van der Waals surface area contributed by atoms with Crippen molar-refractivity contribution in [1.82, 2.24) is 9.97 Å². The van der Waals surface area contributed by atoms with Gasteiger partial charge in [0.1, 0.15) is 0 Å². The first-order valence-corrected chi connectivity index (χ1v) is 7.72. The fourth-order valence-electron chi connectivity index (χ4n) is 2.42. The number of aromatic nitrogens is 2. The van der Waals surface area contributed by atoms with Crippen LogP contribution in [0, 0.1) is 13.8 Å². The van der Waals surface area contributed by atoms with Crippen LogP contribution < -0.4 is 5.32 Å². The van der Waals surface area contributed by atoms with E-state index in [0.29, 0.717) is 22.3 Å². The third-order valence-electron chi connectivity index (χ3n) is 3.88. The fourth-order valence-corrected chi connectivity index (χ4v) is 2.42. The maximum absolute atomic E-state index is 12.5. The summed E-state index contributed by atoms with van der Waals surface area (Å²) in [6.45, 7) is 3.78. The van der Waals surface area contributed by atoms with Crippen molar-refractivity contribution < 1.29 is 14.3 Å². The second-order valence-electron chi connectivity index (χ2n) is 5.62. The predicted molar refractivity (Wildman–Crippen MR) is 94.7 cm³/mol. The van der Waals surface area contributed by atoms with E-state index in [1.807, 2.05) is 13.8 Å². The Balaban J connectivity index is 1.87. The molecular formula is C19H17N3O3. The smallest absolute Gasteiger partial charge is 0.337 e. The molecule has 0 fully saturated rings. The number of esters is 1. The molecule has 0 saturated carbocycles. The first-order chi connectivity index (χ1) is 12.0.